The third-order valence-corrected chi connectivity index (χ3v) is 6.85. The first kappa shape index (κ1) is 24.6. The van der Waals surface area contributed by atoms with Crippen LogP contribution in [-0.4, -0.2) is 42.2 Å². The van der Waals surface area contributed by atoms with Gasteiger partial charge < -0.3 is 24.7 Å². The summed E-state index contributed by atoms with van der Waals surface area (Å²) in [6, 6.07) is 24.6. The van der Waals surface area contributed by atoms with E-state index >= 15 is 0 Å². The Hall–Kier alpha value is -4.10. The second kappa shape index (κ2) is 10.5. The van der Waals surface area contributed by atoms with Gasteiger partial charge in [-0.25, -0.2) is 0 Å². The summed E-state index contributed by atoms with van der Waals surface area (Å²) in [5, 5.41) is 6.91. The first-order valence-corrected chi connectivity index (χ1v) is 12.5. The van der Waals surface area contributed by atoms with Crippen LogP contribution in [0.5, 0.6) is 5.75 Å². The topological polar surface area (TPSA) is 81.6 Å². The van der Waals surface area contributed by atoms with E-state index in [-0.39, 0.29) is 17.4 Å². The van der Waals surface area contributed by atoms with Crippen molar-refractivity contribution >= 4 is 28.4 Å². The molecule has 5 rings (SSSR count). The van der Waals surface area contributed by atoms with Crippen molar-refractivity contribution in [3.63, 3.8) is 0 Å². The number of hydrogen-bond donors (Lipinski definition) is 2. The van der Waals surface area contributed by atoms with Crippen LogP contribution in [0.1, 0.15) is 46.2 Å². The molecule has 1 saturated heterocycles. The van der Waals surface area contributed by atoms with Gasteiger partial charge in [0.25, 0.3) is 11.8 Å². The molecule has 37 heavy (non-hydrogen) atoms. The normalized spacial score (nSPS) is 17.0. The van der Waals surface area contributed by atoms with Crippen molar-refractivity contribution in [2.24, 2.45) is 0 Å². The van der Waals surface area contributed by atoms with E-state index in [2.05, 4.69) is 10.6 Å². The Morgan fingerprint density at radius 1 is 1.00 bits per heavy atom. The number of rotatable bonds is 8. The van der Waals surface area contributed by atoms with Crippen molar-refractivity contribution < 1.29 is 19.1 Å². The minimum Gasteiger partial charge on any atom is -0.497 e. The number of carbonyl (C=O) groups is 2. The second-order valence-electron chi connectivity index (χ2n) is 9.64. The predicted octanol–water partition coefficient (Wildman–Crippen LogP) is 5.25. The molecule has 7 heteroatoms. The number of nitrogens with zero attached hydrogens (tertiary/aromatic N) is 1. The molecule has 1 aliphatic rings. The zero-order valence-corrected chi connectivity index (χ0v) is 21.1. The Morgan fingerprint density at radius 3 is 2.49 bits per heavy atom. The van der Waals surface area contributed by atoms with Gasteiger partial charge in [-0.05, 0) is 73.9 Å². The lowest BCUT2D eigenvalue weighted by Gasteiger charge is -2.23. The average molecular weight is 498 g/mol. The lowest BCUT2D eigenvalue weighted by atomic mass is 10.0. The molecule has 1 aromatic heterocycles. The summed E-state index contributed by atoms with van der Waals surface area (Å²) in [5.74, 6) is 0.332. The summed E-state index contributed by atoms with van der Waals surface area (Å²) in [6.45, 7) is 3.78. The van der Waals surface area contributed by atoms with Gasteiger partial charge in [0.05, 0.1) is 12.7 Å². The Bertz CT molecular complexity index is 1400. The van der Waals surface area contributed by atoms with E-state index in [1.54, 1.807) is 31.4 Å². The quantitative estimate of drug-likeness (QED) is 0.348. The van der Waals surface area contributed by atoms with Crippen LogP contribution in [0.25, 0.3) is 10.9 Å². The number of amides is 2. The van der Waals surface area contributed by atoms with Gasteiger partial charge in [-0.1, -0.05) is 30.3 Å². The van der Waals surface area contributed by atoms with Gasteiger partial charge in [0.15, 0.2) is 0 Å². The van der Waals surface area contributed by atoms with Gasteiger partial charge in [-0.15, -0.1) is 0 Å². The number of benzene rings is 3. The Kier molecular flexibility index (Phi) is 6.97. The molecule has 1 atom stereocenters. The predicted molar refractivity (Wildman–Crippen MR) is 144 cm³/mol. The van der Waals surface area contributed by atoms with Crippen LogP contribution in [0.4, 0.5) is 5.69 Å². The fourth-order valence-corrected chi connectivity index (χ4v) is 4.75. The highest BCUT2D eigenvalue weighted by Gasteiger charge is 2.30. The van der Waals surface area contributed by atoms with Crippen molar-refractivity contribution in [2.45, 2.75) is 31.9 Å². The van der Waals surface area contributed by atoms with E-state index in [1.807, 2.05) is 66.1 Å². The SMILES string of the molecule is COc1ccc(C(=O)Nc2ccc3c(c2)cc(C(=O)NC[C@@]2(C)CCCO2)n3Cc2ccccc2)cc1. The highest BCUT2D eigenvalue weighted by atomic mass is 16.5. The average Bonchev–Trinajstić information content (AvgIpc) is 3.51. The van der Waals surface area contributed by atoms with Crippen LogP contribution in [-0.2, 0) is 11.3 Å². The molecule has 1 fully saturated rings. The summed E-state index contributed by atoms with van der Waals surface area (Å²) in [4.78, 5) is 26.1. The van der Waals surface area contributed by atoms with Gasteiger partial charge in [0, 0.05) is 41.9 Å². The molecular formula is C30H31N3O4. The monoisotopic (exact) mass is 497 g/mol. The molecule has 2 heterocycles. The molecule has 0 aliphatic carbocycles. The highest BCUT2D eigenvalue weighted by Crippen LogP contribution is 2.27. The molecule has 4 aromatic rings. The van der Waals surface area contributed by atoms with E-state index in [0.717, 1.165) is 35.9 Å². The van der Waals surface area contributed by atoms with Crippen molar-refractivity contribution in [3.8, 4) is 5.75 Å². The van der Waals surface area contributed by atoms with Gasteiger partial charge in [-0.2, -0.15) is 0 Å². The Morgan fingerprint density at radius 2 is 1.78 bits per heavy atom. The number of ether oxygens (including phenoxy) is 2. The first-order chi connectivity index (χ1) is 17.9. The third-order valence-electron chi connectivity index (χ3n) is 6.85. The van der Waals surface area contributed by atoms with Gasteiger partial charge in [0.2, 0.25) is 0 Å². The van der Waals surface area contributed by atoms with Gasteiger partial charge >= 0.3 is 0 Å². The summed E-state index contributed by atoms with van der Waals surface area (Å²) < 4.78 is 13.0. The van der Waals surface area contributed by atoms with E-state index in [1.165, 1.54) is 0 Å². The van der Waals surface area contributed by atoms with Crippen LogP contribution in [0.15, 0.2) is 78.9 Å². The molecule has 0 saturated carbocycles. The third kappa shape index (κ3) is 5.52. The molecule has 3 aromatic carbocycles. The highest BCUT2D eigenvalue weighted by molar-refractivity contribution is 6.06. The minimum absolute atomic E-state index is 0.146. The molecular weight excluding hydrogens is 466 g/mol. The summed E-state index contributed by atoms with van der Waals surface area (Å²) in [5.41, 5.74) is 3.44. The molecule has 0 unspecified atom stereocenters. The zero-order valence-electron chi connectivity index (χ0n) is 21.1. The van der Waals surface area contributed by atoms with E-state index in [0.29, 0.717) is 35.8 Å². The number of methoxy groups -OCH3 is 1. The lowest BCUT2D eigenvalue weighted by Crippen LogP contribution is -2.40. The summed E-state index contributed by atoms with van der Waals surface area (Å²) >= 11 is 0. The maximum atomic E-state index is 13.4. The van der Waals surface area contributed by atoms with E-state index < -0.39 is 0 Å². The van der Waals surface area contributed by atoms with Crippen molar-refractivity contribution in [1.29, 1.82) is 0 Å². The molecule has 190 valence electrons. The molecule has 2 N–H and O–H groups in total. The Balaban J connectivity index is 1.42. The standard InChI is InChI=1S/C30H31N3O4/c1-30(15-6-16-37-30)20-31-29(35)27-18-23-17-24(32-28(34)22-9-12-25(36-2)13-10-22)11-14-26(23)33(27)19-21-7-4-3-5-8-21/h3-5,7-14,17-18H,6,15-16,19-20H2,1-2H3,(H,31,35)(H,32,34)/t30-/m1/s1. The van der Waals surface area contributed by atoms with E-state index in [4.69, 9.17) is 9.47 Å². The van der Waals surface area contributed by atoms with Crippen LogP contribution in [0.2, 0.25) is 0 Å². The van der Waals surface area contributed by atoms with Crippen molar-refractivity contribution in [1.82, 2.24) is 9.88 Å². The number of fused-ring (bicyclic) bond motifs is 1. The maximum Gasteiger partial charge on any atom is 0.268 e. The smallest absolute Gasteiger partial charge is 0.268 e. The molecule has 0 bridgehead atoms. The maximum absolute atomic E-state index is 13.4. The van der Waals surface area contributed by atoms with E-state index in [9.17, 15) is 9.59 Å². The minimum atomic E-state index is -0.329. The molecule has 1 aliphatic heterocycles. The van der Waals surface area contributed by atoms with Crippen LogP contribution >= 0.6 is 0 Å². The fourth-order valence-electron chi connectivity index (χ4n) is 4.75. The van der Waals surface area contributed by atoms with Crippen LogP contribution in [0, 0.1) is 0 Å². The molecule has 0 radical (unpaired) electrons. The molecule has 2 amide bonds. The zero-order chi connectivity index (χ0) is 25.8. The summed E-state index contributed by atoms with van der Waals surface area (Å²) in [6.07, 6.45) is 1.93. The van der Waals surface area contributed by atoms with Crippen molar-refractivity contribution in [3.05, 3.63) is 95.7 Å². The first-order valence-electron chi connectivity index (χ1n) is 12.5. The van der Waals surface area contributed by atoms with Crippen LogP contribution in [0.3, 0.4) is 0 Å². The number of carbonyl (C=O) groups excluding carboxylic acids is 2. The number of hydrogen-bond acceptors (Lipinski definition) is 4. The largest absolute Gasteiger partial charge is 0.497 e. The van der Waals surface area contributed by atoms with Crippen LogP contribution < -0.4 is 15.4 Å². The lowest BCUT2D eigenvalue weighted by molar-refractivity contribution is 0.0205. The molecule has 7 nitrogen and oxygen atoms in total. The number of anilines is 1. The summed E-state index contributed by atoms with van der Waals surface area (Å²) in [7, 11) is 1.59. The van der Waals surface area contributed by atoms with Crippen molar-refractivity contribution in [2.75, 3.05) is 25.6 Å². The second-order valence-corrected chi connectivity index (χ2v) is 9.64. The van der Waals surface area contributed by atoms with Gasteiger partial charge in [0.1, 0.15) is 11.4 Å². The Labute approximate surface area is 216 Å². The molecule has 0 spiro atoms. The number of nitrogens with one attached hydrogen (secondary N) is 2. The number of aromatic nitrogens is 1. The fraction of sp³-hybridized carbons (Fsp3) is 0.267. The van der Waals surface area contributed by atoms with Gasteiger partial charge in [-0.3, -0.25) is 9.59 Å².